The maximum atomic E-state index is 10.4. The molecular formula is C9H18N2O2. The van der Waals surface area contributed by atoms with E-state index in [9.17, 15) is 4.79 Å². The van der Waals surface area contributed by atoms with Crippen LogP contribution in [0.2, 0.25) is 0 Å². The SMILES string of the molecule is CCCN1CCCC(NC(=O)O)C1. The van der Waals surface area contributed by atoms with Crippen LogP contribution in [0.1, 0.15) is 26.2 Å². The fourth-order valence-electron chi connectivity index (χ4n) is 1.87. The van der Waals surface area contributed by atoms with Crippen molar-refractivity contribution in [3.8, 4) is 0 Å². The molecule has 1 amide bonds. The number of hydrogen-bond acceptors (Lipinski definition) is 2. The zero-order valence-corrected chi connectivity index (χ0v) is 8.12. The summed E-state index contributed by atoms with van der Waals surface area (Å²) in [7, 11) is 0. The van der Waals surface area contributed by atoms with Gasteiger partial charge in [-0.2, -0.15) is 0 Å². The Morgan fingerprint density at radius 1 is 1.69 bits per heavy atom. The molecule has 0 aliphatic carbocycles. The number of hydrogen-bond donors (Lipinski definition) is 2. The molecule has 4 heteroatoms. The molecule has 76 valence electrons. The number of piperidine rings is 1. The lowest BCUT2D eigenvalue weighted by Gasteiger charge is -2.32. The van der Waals surface area contributed by atoms with Gasteiger partial charge in [0.15, 0.2) is 0 Å². The zero-order valence-electron chi connectivity index (χ0n) is 8.12. The van der Waals surface area contributed by atoms with Gasteiger partial charge in [0.25, 0.3) is 0 Å². The fraction of sp³-hybridized carbons (Fsp3) is 0.889. The summed E-state index contributed by atoms with van der Waals surface area (Å²) >= 11 is 0. The third-order valence-corrected chi connectivity index (χ3v) is 2.37. The van der Waals surface area contributed by atoms with Crippen molar-refractivity contribution in [1.29, 1.82) is 0 Å². The maximum Gasteiger partial charge on any atom is 0.404 e. The molecule has 0 aromatic carbocycles. The van der Waals surface area contributed by atoms with Crippen molar-refractivity contribution in [3.05, 3.63) is 0 Å². The molecule has 0 spiro atoms. The van der Waals surface area contributed by atoms with Crippen LogP contribution < -0.4 is 5.32 Å². The molecule has 0 saturated carbocycles. The third kappa shape index (κ3) is 3.63. The number of amides is 1. The zero-order chi connectivity index (χ0) is 9.68. The van der Waals surface area contributed by atoms with Crippen LogP contribution in [0, 0.1) is 0 Å². The topological polar surface area (TPSA) is 52.6 Å². The molecule has 0 bridgehead atoms. The molecule has 1 atom stereocenters. The van der Waals surface area contributed by atoms with Gasteiger partial charge in [0.2, 0.25) is 0 Å². The van der Waals surface area contributed by atoms with E-state index < -0.39 is 6.09 Å². The van der Waals surface area contributed by atoms with Crippen molar-refractivity contribution in [2.45, 2.75) is 32.2 Å². The summed E-state index contributed by atoms with van der Waals surface area (Å²) in [5.41, 5.74) is 0. The van der Waals surface area contributed by atoms with Crippen molar-refractivity contribution in [3.63, 3.8) is 0 Å². The third-order valence-electron chi connectivity index (χ3n) is 2.37. The summed E-state index contributed by atoms with van der Waals surface area (Å²) < 4.78 is 0. The van der Waals surface area contributed by atoms with Crippen LogP contribution in [-0.4, -0.2) is 41.8 Å². The molecule has 1 rings (SSSR count). The summed E-state index contributed by atoms with van der Waals surface area (Å²) in [5, 5.41) is 11.1. The summed E-state index contributed by atoms with van der Waals surface area (Å²) in [5.74, 6) is 0. The molecular weight excluding hydrogens is 168 g/mol. The highest BCUT2D eigenvalue weighted by molar-refractivity contribution is 5.64. The first-order valence-electron chi connectivity index (χ1n) is 4.94. The molecule has 1 fully saturated rings. The van der Waals surface area contributed by atoms with Gasteiger partial charge in [0, 0.05) is 12.6 Å². The molecule has 2 N–H and O–H groups in total. The first kappa shape index (κ1) is 10.3. The number of nitrogens with one attached hydrogen (secondary N) is 1. The fourth-order valence-corrected chi connectivity index (χ4v) is 1.87. The van der Waals surface area contributed by atoms with E-state index in [4.69, 9.17) is 5.11 Å². The summed E-state index contributed by atoms with van der Waals surface area (Å²) in [6, 6.07) is 0.137. The molecule has 0 aromatic heterocycles. The van der Waals surface area contributed by atoms with Crippen molar-refractivity contribution in [1.82, 2.24) is 10.2 Å². The number of rotatable bonds is 3. The highest BCUT2D eigenvalue weighted by Gasteiger charge is 2.19. The van der Waals surface area contributed by atoms with E-state index in [0.29, 0.717) is 0 Å². The monoisotopic (exact) mass is 186 g/mol. The lowest BCUT2D eigenvalue weighted by atomic mass is 10.1. The Hall–Kier alpha value is -0.770. The van der Waals surface area contributed by atoms with Crippen LogP contribution in [0.25, 0.3) is 0 Å². The maximum absolute atomic E-state index is 10.4. The number of carboxylic acid groups (broad SMARTS) is 1. The van der Waals surface area contributed by atoms with Crippen LogP contribution in [0.4, 0.5) is 4.79 Å². The summed E-state index contributed by atoms with van der Waals surface area (Å²) in [6.45, 7) is 5.22. The van der Waals surface area contributed by atoms with E-state index >= 15 is 0 Å². The van der Waals surface area contributed by atoms with Gasteiger partial charge in [-0.15, -0.1) is 0 Å². The van der Waals surface area contributed by atoms with E-state index in [1.807, 2.05) is 0 Å². The molecule has 1 unspecified atom stereocenters. The summed E-state index contributed by atoms with van der Waals surface area (Å²) in [6.07, 6.45) is 2.32. The van der Waals surface area contributed by atoms with Gasteiger partial charge in [-0.05, 0) is 32.4 Å². The van der Waals surface area contributed by atoms with Gasteiger partial charge in [0.05, 0.1) is 0 Å². The lowest BCUT2D eigenvalue weighted by molar-refractivity contribution is 0.163. The molecule has 1 aliphatic heterocycles. The second kappa shape index (κ2) is 5.07. The minimum atomic E-state index is -0.900. The largest absolute Gasteiger partial charge is 0.465 e. The first-order chi connectivity index (χ1) is 6.22. The Labute approximate surface area is 78.9 Å². The Morgan fingerprint density at radius 2 is 2.46 bits per heavy atom. The standard InChI is InChI=1S/C9H18N2O2/c1-2-5-11-6-3-4-8(7-11)10-9(12)13/h8,10H,2-7H2,1H3,(H,12,13). The van der Waals surface area contributed by atoms with Crippen LogP contribution in [0.15, 0.2) is 0 Å². The van der Waals surface area contributed by atoms with Crippen molar-refractivity contribution >= 4 is 6.09 Å². The van der Waals surface area contributed by atoms with E-state index in [-0.39, 0.29) is 6.04 Å². The van der Waals surface area contributed by atoms with Gasteiger partial charge < -0.3 is 15.3 Å². The number of carbonyl (C=O) groups is 1. The van der Waals surface area contributed by atoms with Crippen LogP contribution in [0.5, 0.6) is 0 Å². The Morgan fingerprint density at radius 3 is 3.08 bits per heavy atom. The minimum absolute atomic E-state index is 0.137. The van der Waals surface area contributed by atoms with Gasteiger partial charge in [-0.3, -0.25) is 0 Å². The van der Waals surface area contributed by atoms with Crippen molar-refractivity contribution in [2.75, 3.05) is 19.6 Å². The average Bonchev–Trinajstić information content (AvgIpc) is 2.04. The van der Waals surface area contributed by atoms with Gasteiger partial charge in [-0.1, -0.05) is 6.92 Å². The van der Waals surface area contributed by atoms with Gasteiger partial charge >= 0.3 is 6.09 Å². The van der Waals surface area contributed by atoms with Crippen LogP contribution in [0.3, 0.4) is 0 Å². The highest BCUT2D eigenvalue weighted by atomic mass is 16.4. The molecule has 1 aliphatic rings. The van der Waals surface area contributed by atoms with E-state index in [1.165, 1.54) is 0 Å². The smallest absolute Gasteiger partial charge is 0.404 e. The molecule has 0 aromatic rings. The average molecular weight is 186 g/mol. The van der Waals surface area contributed by atoms with Crippen molar-refractivity contribution in [2.24, 2.45) is 0 Å². The molecule has 0 radical (unpaired) electrons. The van der Waals surface area contributed by atoms with E-state index in [1.54, 1.807) is 0 Å². The van der Waals surface area contributed by atoms with Crippen LogP contribution in [-0.2, 0) is 0 Å². The minimum Gasteiger partial charge on any atom is -0.465 e. The highest BCUT2D eigenvalue weighted by Crippen LogP contribution is 2.09. The Bertz CT molecular complexity index is 171. The Balaban J connectivity index is 2.28. The lowest BCUT2D eigenvalue weighted by Crippen LogP contribution is -2.47. The van der Waals surface area contributed by atoms with Crippen molar-refractivity contribution < 1.29 is 9.90 Å². The predicted octanol–water partition coefficient (Wildman–Crippen LogP) is 1.13. The number of likely N-dealkylation sites (tertiary alicyclic amines) is 1. The second-order valence-electron chi connectivity index (χ2n) is 3.59. The molecule has 13 heavy (non-hydrogen) atoms. The second-order valence-corrected chi connectivity index (χ2v) is 3.59. The van der Waals surface area contributed by atoms with Gasteiger partial charge in [-0.25, -0.2) is 4.79 Å². The normalized spacial score (nSPS) is 24.2. The summed E-state index contributed by atoms with van der Waals surface area (Å²) in [4.78, 5) is 12.7. The van der Waals surface area contributed by atoms with Crippen LogP contribution >= 0.6 is 0 Å². The quantitative estimate of drug-likeness (QED) is 0.694. The Kier molecular flexibility index (Phi) is 4.02. The number of nitrogens with zero attached hydrogens (tertiary/aromatic N) is 1. The first-order valence-corrected chi connectivity index (χ1v) is 4.94. The van der Waals surface area contributed by atoms with E-state index in [2.05, 4.69) is 17.1 Å². The predicted molar refractivity (Wildman–Crippen MR) is 50.9 cm³/mol. The molecule has 4 nitrogen and oxygen atoms in total. The molecule has 1 saturated heterocycles. The van der Waals surface area contributed by atoms with Gasteiger partial charge in [0.1, 0.15) is 0 Å². The van der Waals surface area contributed by atoms with E-state index in [0.717, 1.165) is 38.9 Å². The molecule has 1 heterocycles.